The lowest BCUT2D eigenvalue weighted by atomic mass is 9.93. The highest BCUT2D eigenvalue weighted by Gasteiger charge is 2.47. The molecule has 1 fully saturated rings. The van der Waals surface area contributed by atoms with Crippen molar-refractivity contribution >= 4 is 34.0 Å². The lowest BCUT2D eigenvalue weighted by Crippen LogP contribution is -2.29. The van der Waals surface area contributed by atoms with E-state index in [0.29, 0.717) is 30.2 Å². The Hall–Kier alpha value is -4.52. The predicted molar refractivity (Wildman–Crippen MR) is 141 cm³/mol. The average Bonchev–Trinajstić information content (AvgIpc) is 3.46. The number of aliphatic hydroxyl groups excluding tert-OH is 1. The molecule has 0 saturated carbocycles. The van der Waals surface area contributed by atoms with Gasteiger partial charge in [-0.25, -0.2) is 0 Å². The van der Waals surface area contributed by atoms with Crippen LogP contribution < -0.4 is 14.4 Å². The van der Waals surface area contributed by atoms with Gasteiger partial charge in [-0.1, -0.05) is 24.3 Å². The van der Waals surface area contributed by atoms with E-state index in [1.807, 2.05) is 43.3 Å². The van der Waals surface area contributed by atoms with Crippen molar-refractivity contribution in [1.29, 1.82) is 0 Å². The fraction of sp³-hybridized carbons (Fsp3) is 0.200. The monoisotopic (exact) mass is 494 g/mol. The number of anilines is 1. The molecule has 2 aliphatic rings. The number of amides is 1. The van der Waals surface area contributed by atoms with E-state index in [0.717, 1.165) is 40.6 Å². The van der Waals surface area contributed by atoms with Crippen molar-refractivity contribution in [3.63, 3.8) is 0 Å². The minimum absolute atomic E-state index is 0.0493. The van der Waals surface area contributed by atoms with Gasteiger partial charge in [0.2, 0.25) is 0 Å². The number of Topliss-reactive ketones (excluding diaryl/α,β-unsaturated/α-hetero) is 1. The maximum absolute atomic E-state index is 13.6. The number of aromatic nitrogens is 1. The van der Waals surface area contributed by atoms with E-state index >= 15 is 0 Å². The SMILES string of the molecule is CCOc1cccc(N2C(=O)C(=O)/C(=C(/O)c3ccc4c(c3)CCCO4)C2c2c[nH]c3ccccc23)c1. The highest BCUT2D eigenvalue weighted by atomic mass is 16.5. The number of nitrogens with one attached hydrogen (secondary N) is 1. The van der Waals surface area contributed by atoms with Gasteiger partial charge in [-0.2, -0.15) is 0 Å². The van der Waals surface area contributed by atoms with E-state index in [-0.39, 0.29) is 11.3 Å². The highest BCUT2D eigenvalue weighted by Crippen LogP contribution is 2.45. The summed E-state index contributed by atoms with van der Waals surface area (Å²) in [6.45, 7) is 3.01. The van der Waals surface area contributed by atoms with Gasteiger partial charge in [0, 0.05) is 40.0 Å². The predicted octanol–water partition coefficient (Wildman–Crippen LogP) is 5.52. The number of carbonyl (C=O) groups excluding carboxylic acids is 2. The number of aromatic amines is 1. The number of ketones is 1. The molecule has 4 aromatic rings. The number of rotatable bonds is 5. The molecular formula is C30H26N2O5. The zero-order chi connectivity index (χ0) is 25.5. The number of H-pyrrole nitrogens is 1. The molecule has 0 radical (unpaired) electrons. The molecule has 0 aliphatic carbocycles. The van der Waals surface area contributed by atoms with Crippen molar-refractivity contribution < 1.29 is 24.2 Å². The van der Waals surface area contributed by atoms with E-state index in [4.69, 9.17) is 9.47 Å². The molecule has 1 aromatic heterocycles. The molecule has 186 valence electrons. The first kappa shape index (κ1) is 22.9. The number of carbonyl (C=O) groups is 2. The summed E-state index contributed by atoms with van der Waals surface area (Å²) in [5.41, 5.74) is 3.61. The van der Waals surface area contributed by atoms with Gasteiger partial charge in [0.05, 0.1) is 24.8 Å². The molecule has 2 aliphatic heterocycles. The standard InChI is InChI=1S/C30H26N2O5/c1-2-36-21-9-5-8-20(16-21)32-27(23-17-31-24-11-4-3-10-22(23)24)26(29(34)30(32)35)28(33)19-12-13-25-18(15-19)7-6-14-37-25/h3-5,8-13,15-17,27,31,33H,2,6-7,14H2,1H3/b28-26+. The first-order chi connectivity index (χ1) is 18.1. The molecule has 1 amide bonds. The van der Waals surface area contributed by atoms with Crippen LogP contribution in [0.15, 0.2) is 78.5 Å². The van der Waals surface area contributed by atoms with Crippen molar-refractivity contribution in [3.05, 3.63) is 95.2 Å². The fourth-order valence-electron chi connectivity index (χ4n) is 5.27. The summed E-state index contributed by atoms with van der Waals surface area (Å²) < 4.78 is 11.4. The molecule has 1 unspecified atom stereocenters. The summed E-state index contributed by atoms with van der Waals surface area (Å²) in [6, 6.07) is 19.4. The van der Waals surface area contributed by atoms with Crippen LogP contribution >= 0.6 is 0 Å². The number of hydrogen-bond donors (Lipinski definition) is 2. The Morgan fingerprint density at radius 2 is 1.97 bits per heavy atom. The van der Waals surface area contributed by atoms with Crippen LogP contribution in [0.4, 0.5) is 5.69 Å². The lowest BCUT2D eigenvalue weighted by Gasteiger charge is -2.25. The summed E-state index contributed by atoms with van der Waals surface area (Å²) in [4.78, 5) is 31.8. The third-order valence-electron chi connectivity index (χ3n) is 6.95. The second-order valence-electron chi connectivity index (χ2n) is 9.16. The van der Waals surface area contributed by atoms with E-state index in [1.165, 1.54) is 4.90 Å². The second-order valence-corrected chi connectivity index (χ2v) is 9.16. The lowest BCUT2D eigenvalue weighted by molar-refractivity contribution is -0.132. The molecule has 7 heteroatoms. The molecular weight excluding hydrogens is 468 g/mol. The molecule has 37 heavy (non-hydrogen) atoms. The van der Waals surface area contributed by atoms with Crippen LogP contribution in [-0.4, -0.2) is 35.0 Å². The Bertz CT molecular complexity index is 1570. The largest absolute Gasteiger partial charge is 0.507 e. The number of ether oxygens (including phenoxy) is 2. The fourth-order valence-corrected chi connectivity index (χ4v) is 5.27. The number of nitrogens with zero attached hydrogens (tertiary/aromatic N) is 1. The summed E-state index contributed by atoms with van der Waals surface area (Å²) in [5.74, 6) is -0.265. The van der Waals surface area contributed by atoms with Crippen molar-refractivity contribution in [1.82, 2.24) is 4.98 Å². The molecule has 7 nitrogen and oxygen atoms in total. The quantitative estimate of drug-likeness (QED) is 0.217. The Morgan fingerprint density at radius 3 is 2.84 bits per heavy atom. The van der Waals surface area contributed by atoms with Crippen molar-refractivity contribution in [2.24, 2.45) is 0 Å². The summed E-state index contributed by atoms with van der Waals surface area (Å²) in [7, 11) is 0. The third kappa shape index (κ3) is 3.83. The van der Waals surface area contributed by atoms with Gasteiger partial charge in [-0.05, 0) is 61.7 Å². The van der Waals surface area contributed by atoms with Gasteiger partial charge in [0.1, 0.15) is 17.3 Å². The minimum atomic E-state index is -0.833. The van der Waals surface area contributed by atoms with Crippen LogP contribution in [0.1, 0.15) is 36.1 Å². The first-order valence-electron chi connectivity index (χ1n) is 12.4. The van der Waals surface area contributed by atoms with Gasteiger partial charge < -0.3 is 19.6 Å². The highest BCUT2D eigenvalue weighted by molar-refractivity contribution is 6.52. The van der Waals surface area contributed by atoms with Crippen LogP contribution in [0, 0.1) is 0 Å². The smallest absolute Gasteiger partial charge is 0.300 e. The third-order valence-corrected chi connectivity index (χ3v) is 6.95. The number of benzene rings is 3. The van der Waals surface area contributed by atoms with Gasteiger partial charge in [0.15, 0.2) is 0 Å². The molecule has 0 bridgehead atoms. The zero-order valence-electron chi connectivity index (χ0n) is 20.4. The minimum Gasteiger partial charge on any atom is -0.507 e. The van der Waals surface area contributed by atoms with E-state index in [2.05, 4.69) is 4.98 Å². The number of fused-ring (bicyclic) bond motifs is 2. The molecule has 1 atom stereocenters. The Kier molecular flexibility index (Phi) is 5.68. The van der Waals surface area contributed by atoms with Gasteiger partial charge in [-0.3, -0.25) is 14.5 Å². The maximum atomic E-state index is 13.6. The molecule has 0 spiro atoms. The Morgan fingerprint density at radius 1 is 1.11 bits per heavy atom. The van der Waals surface area contributed by atoms with Crippen molar-refractivity contribution in [2.45, 2.75) is 25.8 Å². The number of aliphatic hydroxyl groups is 1. The first-order valence-corrected chi connectivity index (χ1v) is 12.4. The maximum Gasteiger partial charge on any atom is 0.300 e. The zero-order valence-corrected chi connectivity index (χ0v) is 20.4. The molecule has 3 heterocycles. The average molecular weight is 495 g/mol. The van der Waals surface area contributed by atoms with E-state index in [1.54, 1.807) is 36.5 Å². The molecule has 3 aromatic carbocycles. The number of para-hydroxylation sites is 1. The molecule has 1 saturated heterocycles. The van der Waals surface area contributed by atoms with Gasteiger partial charge in [0.25, 0.3) is 11.7 Å². The normalized spacial score (nSPS) is 18.6. The van der Waals surface area contributed by atoms with Crippen LogP contribution in [0.3, 0.4) is 0 Å². The summed E-state index contributed by atoms with van der Waals surface area (Å²) in [5, 5.41) is 12.4. The van der Waals surface area contributed by atoms with Crippen LogP contribution in [0.25, 0.3) is 16.7 Å². The van der Waals surface area contributed by atoms with E-state index in [9.17, 15) is 14.7 Å². The topological polar surface area (TPSA) is 91.9 Å². The van der Waals surface area contributed by atoms with Gasteiger partial charge in [-0.15, -0.1) is 0 Å². The van der Waals surface area contributed by atoms with Gasteiger partial charge >= 0.3 is 0 Å². The van der Waals surface area contributed by atoms with Crippen LogP contribution in [0.5, 0.6) is 11.5 Å². The van der Waals surface area contributed by atoms with Crippen molar-refractivity contribution in [3.8, 4) is 11.5 Å². The Balaban J connectivity index is 1.56. The summed E-state index contributed by atoms with van der Waals surface area (Å²) >= 11 is 0. The van der Waals surface area contributed by atoms with Crippen LogP contribution in [-0.2, 0) is 16.0 Å². The van der Waals surface area contributed by atoms with Crippen molar-refractivity contribution in [2.75, 3.05) is 18.1 Å². The second kappa shape index (κ2) is 9.17. The molecule has 6 rings (SSSR count). The number of aryl methyl sites for hydroxylation is 1. The summed E-state index contributed by atoms with van der Waals surface area (Å²) in [6.07, 6.45) is 3.50. The molecule has 2 N–H and O–H groups in total. The number of hydrogen-bond acceptors (Lipinski definition) is 5. The van der Waals surface area contributed by atoms with Crippen LogP contribution in [0.2, 0.25) is 0 Å². The Labute approximate surface area is 213 Å². The van der Waals surface area contributed by atoms with E-state index < -0.39 is 17.7 Å².